The number of hydrogen-bond acceptors (Lipinski definition) is 6. The number of halogens is 1. The average molecular weight is 507 g/mol. The number of anilines is 1. The summed E-state index contributed by atoms with van der Waals surface area (Å²) in [5.74, 6) is -0.0199. The van der Waals surface area contributed by atoms with E-state index in [0.29, 0.717) is 4.47 Å². The molecule has 0 saturated carbocycles. The van der Waals surface area contributed by atoms with Crippen LogP contribution in [0.4, 0.5) is 11.4 Å². The molecule has 3 aromatic carbocycles. The highest BCUT2D eigenvalue weighted by Crippen LogP contribution is 2.31. The van der Waals surface area contributed by atoms with Crippen LogP contribution in [0, 0.1) is 10.1 Å². The van der Waals surface area contributed by atoms with Crippen LogP contribution < -0.4 is 9.46 Å². The summed E-state index contributed by atoms with van der Waals surface area (Å²) in [6, 6.07) is 18.7. The van der Waals surface area contributed by atoms with E-state index < -0.39 is 14.9 Å². The lowest BCUT2D eigenvalue weighted by Crippen LogP contribution is -2.17. The molecule has 162 valence electrons. The Kier molecular flexibility index (Phi) is 7.26. The van der Waals surface area contributed by atoms with Gasteiger partial charge in [-0.3, -0.25) is 14.8 Å². The van der Waals surface area contributed by atoms with E-state index in [9.17, 15) is 23.6 Å². The monoisotopic (exact) mass is 506 g/mol. The van der Waals surface area contributed by atoms with Gasteiger partial charge in [-0.25, -0.2) is 8.42 Å². The molecule has 0 bridgehead atoms. The van der Waals surface area contributed by atoms with Crippen molar-refractivity contribution in [1.82, 2.24) is 0 Å². The number of benzene rings is 3. The molecule has 2 N–H and O–H groups in total. The summed E-state index contributed by atoms with van der Waals surface area (Å²) in [5, 5.41) is 20.5. The van der Waals surface area contributed by atoms with Gasteiger partial charge in [-0.2, -0.15) is 0 Å². The van der Waals surface area contributed by atoms with Crippen molar-refractivity contribution in [3.63, 3.8) is 0 Å². The number of non-ortho nitro benzene ring substituents is 1. The molecule has 0 radical (unpaired) electrons. The van der Waals surface area contributed by atoms with Crippen molar-refractivity contribution in [2.24, 2.45) is 0 Å². The first-order valence-electron chi connectivity index (χ1n) is 9.15. The third-order valence-electron chi connectivity index (χ3n) is 4.48. The van der Waals surface area contributed by atoms with Gasteiger partial charge in [0, 0.05) is 22.5 Å². The molecule has 10 heteroatoms. The first kappa shape index (κ1) is 22.7. The Balaban J connectivity index is 1.81. The minimum atomic E-state index is -4.00. The van der Waals surface area contributed by atoms with Crippen LogP contribution in [-0.4, -0.2) is 31.7 Å². The maximum atomic E-state index is 12.7. The second-order valence-corrected chi connectivity index (χ2v) is 9.20. The maximum absolute atomic E-state index is 12.7. The van der Waals surface area contributed by atoms with Crippen molar-refractivity contribution in [3.05, 3.63) is 92.9 Å². The molecule has 0 aliphatic rings. The zero-order valence-electron chi connectivity index (χ0n) is 16.1. The van der Waals surface area contributed by atoms with E-state index in [4.69, 9.17) is 4.74 Å². The summed E-state index contributed by atoms with van der Waals surface area (Å²) < 4.78 is 34.5. The molecule has 31 heavy (non-hydrogen) atoms. The lowest BCUT2D eigenvalue weighted by molar-refractivity contribution is -0.384. The molecule has 0 unspecified atom stereocenters. The molecule has 0 aliphatic heterocycles. The van der Waals surface area contributed by atoms with Gasteiger partial charge in [-0.05, 0) is 35.9 Å². The molecule has 8 nitrogen and oxygen atoms in total. The summed E-state index contributed by atoms with van der Waals surface area (Å²) in [7, 11) is -4.00. The standard InChI is InChI=1S/C21H19BrN2O6S/c22-17-6-11-20(23-31(28,29)19-9-7-18(8-10-19)24(26)27)21(12-17)30-14-16(13-25)15-4-2-1-3-5-15/h1-12,16,23,25H,13-14H2/t16-/m0/s1. The molecule has 0 saturated heterocycles. The molecule has 0 aromatic heterocycles. The third kappa shape index (κ3) is 5.81. The highest BCUT2D eigenvalue weighted by atomic mass is 79.9. The van der Waals surface area contributed by atoms with Crippen LogP contribution in [0.25, 0.3) is 0 Å². The fraction of sp³-hybridized carbons (Fsp3) is 0.143. The number of nitrogens with one attached hydrogen (secondary N) is 1. The van der Waals surface area contributed by atoms with Crippen LogP contribution in [0.1, 0.15) is 11.5 Å². The number of ether oxygens (including phenoxy) is 1. The highest BCUT2D eigenvalue weighted by Gasteiger charge is 2.19. The van der Waals surface area contributed by atoms with Crippen molar-refractivity contribution < 1.29 is 23.2 Å². The van der Waals surface area contributed by atoms with Gasteiger partial charge in [0.1, 0.15) is 5.75 Å². The summed E-state index contributed by atoms with van der Waals surface area (Å²) in [6.07, 6.45) is 0. The second kappa shape index (κ2) is 9.90. The molecule has 1 atom stereocenters. The summed E-state index contributed by atoms with van der Waals surface area (Å²) in [5.41, 5.74) is 0.891. The van der Waals surface area contributed by atoms with Crippen LogP contribution in [0.2, 0.25) is 0 Å². The fourth-order valence-electron chi connectivity index (χ4n) is 2.82. The third-order valence-corrected chi connectivity index (χ3v) is 6.35. The molecule has 3 rings (SSSR count). The quantitative estimate of drug-likeness (QED) is 0.329. The lowest BCUT2D eigenvalue weighted by Gasteiger charge is -2.18. The van der Waals surface area contributed by atoms with Gasteiger partial charge >= 0.3 is 0 Å². The van der Waals surface area contributed by atoms with Crippen molar-refractivity contribution in [3.8, 4) is 5.75 Å². The van der Waals surface area contributed by atoms with E-state index in [-0.39, 0.29) is 41.2 Å². The largest absolute Gasteiger partial charge is 0.491 e. The average Bonchev–Trinajstić information content (AvgIpc) is 2.76. The minimum Gasteiger partial charge on any atom is -0.491 e. The molecular formula is C21H19BrN2O6S. The summed E-state index contributed by atoms with van der Waals surface area (Å²) in [6.45, 7) is -0.00883. The van der Waals surface area contributed by atoms with Gasteiger partial charge in [0.25, 0.3) is 15.7 Å². The van der Waals surface area contributed by atoms with Crippen LogP contribution in [0.5, 0.6) is 5.75 Å². The number of aliphatic hydroxyl groups is 1. The molecule has 0 aliphatic carbocycles. The topological polar surface area (TPSA) is 119 Å². The fourth-order valence-corrected chi connectivity index (χ4v) is 4.23. The van der Waals surface area contributed by atoms with Gasteiger partial charge in [-0.15, -0.1) is 0 Å². The minimum absolute atomic E-state index is 0.121. The second-order valence-electron chi connectivity index (χ2n) is 6.60. The molecule has 0 spiro atoms. The van der Waals surface area contributed by atoms with E-state index in [2.05, 4.69) is 20.7 Å². The van der Waals surface area contributed by atoms with E-state index in [1.165, 1.54) is 0 Å². The van der Waals surface area contributed by atoms with Crippen LogP contribution >= 0.6 is 15.9 Å². The normalized spacial score (nSPS) is 12.2. The Morgan fingerprint density at radius 3 is 2.35 bits per heavy atom. The Morgan fingerprint density at radius 2 is 1.74 bits per heavy atom. The number of sulfonamides is 1. The number of aliphatic hydroxyl groups excluding tert-OH is 1. The summed E-state index contributed by atoms with van der Waals surface area (Å²) >= 11 is 3.34. The summed E-state index contributed by atoms with van der Waals surface area (Å²) in [4.78, 5) is 10.1. The van der Waals surface area contributed by atoms with Gasteiger partial charge in [-0.1, -0.05) is 46.3 Å². The Morgan fingerprint density at radius 1 is 1.06 bits per heavy atom. The van der Waals surface area contributed by atoms with Crippen molar-refractivity contribution >= 4 is 37.3 Å². The molecular weight excluding hydrogens is 488 g/mol. The van der Waals surface area contributed by atoms with E-state index in [0.717, 1.165) is 29.8 Å². The van der Waals surface area contributed by atoms with Crippen LogP contribution in [0.15, 0.2) is 82.2 Å². The van der Waals surface area contributed by atoms with Gasteiger partial charge < -0.3 is 9.84 Å². The number of nitro benzene ring substituents is 1. The Bertz CT molecular complexity index is 1150. The SMILES string of the molecule is O=[N+]([O-])c1ccc(S(=O)(=O)Nc2ccc(Br)cc2OC[C@H](CO)c2ccccc2)cc1. The first-order valence-corrected chi connectivity index (χ1v) is 11.4. The maximum Gasteiger partial charge on any atom is 0.269 e. The van der Waals surface area contributed by atoms with Gasteiger partial charge in [0.15, 0.2) is 0 Å². The van der Waals surface area contributed by atoms with E-state index >= 15 is 0 Å². The number of nitro groups is 1. The van der Waals surface area contributed by atoms with E-state index in [1.54, 1.807) is 18.2 Å². The van der Waals surface area contributed by atoms with Crippen molar-refractivity contribution in [2.75, 3.05) is 17.9 Å². The molecule has 3 aromatic rings. The number of rotatable bonds is 9. The smallest absolute Gasteiger partial charge is 0.269 e. The van der Waals surface area contributed by atoms with Gasteiger partial charge in [0.2, 0.25) is 0 Å². The number of nitrogens with zero attached hydrogens (tertiary/aromatic N) is 1. The zero-order valence-corrected chi connectivity index (χ0v) is 18.5. The first-order chi connectivity index (χ1) is 14.8. The van der Waals surface area contributed by atoms with Crippen molar-refractivity contribution in [1.29, 1.82) is 0 Å². The van der Waals surface area contributed by atoms with Crippen LogP contribution in [0.3, 0.4) is 0 Å². The predicted molar refractivity (Wildman–Crippen MR) is 120 cm³/mol. The Hall–Kier alpha value is -2.95. The predicted octanol–water partition coefficient (Wildman–Crippen LogP) is 4.31. The van der Waals surface area contributed by atoms with Gasteiger partial charge in [0.05, 0.1) is 28.7 Å². The number of hydrogen-bond donors (Lipinski definition) is 2. The Labute approximate surface area is 187 Å². The molecule has 0 fully saturated rings. The van der Waals surface area contributed by atoms with Crippen molar-refractivity contribution in [2.45, 2.75) is 10.8 Å². The molecule has 0 amide bonds. The molecule has 0 heterocycles. The lowest BCUT2D eigenvalue weighted by atomic mass is 10.0. The highest BCUT2D eigenvalue weighted by molar-refractivity contribution is 9.10. The zero-order chi connectivity index (χ0) is 22.4. The van der Waals surface area contributed by atoms with Crippen LogP contribution in [-0.2, 0) is 10.0 Å². The van der Waals surface area contributed by atoms with E-state index in [1.807, 2.05) is 30.3 Å².